The van der Waals surface area contributed by atoms with Gasteiger partial charge >= 0.3 is 6.03 Å². The number of carbonyl (C=O) groups is 2. The van der Waals surface area contributed by atoms with Crippen LogP contribution in [0.15, 0.2) is 46.9 Å². The van der Waals surface area contributed by atoms with Crippen LogP contribution < -0.4 is 15.4 Å². The number of hydrogen-bond donors (Lipinski definition) is 2. The predicted molar refractivity (Wildman–Crippen MR) is 129 cm³/mol. The van der Waals surface area contributed by atoms with Gasteiger partial charge in [0.05, 0.1) is 30.8 Å². The van der Waals surface area contributed by atoms with Gasteiger partial charge in [0.25, 0.3) is 5.91 Å². The summed E-state index contributed by atoms with van der Waals surface area (Å²) in [5.41, 5.74) is -0.581. The number of amides is 3. The lowest BCUT2D eigenvalue weighted by molar-refractivity contribution is 0.0963. The first-order valence-electron chi connectivity index (χ1n) is 8.45. The highest BCUT2D eigenvalue weighted by Crippen LogP contribution is 2.45. The van der Waals surface area contributed by atoms with Crippen LogP contribution in [0.1, 0.15) is 10.4 Å². The average molecular weight is 601 g/mol. The van der Waals surface area contributed by atoms with Crippen LogP contribution in [0.4, 0.5) is 14.9 Å². The van der Waals surface area contributed by atoms with Crippen molar-refractivity contribution < 1.29 is 18.7 Å². The predicted octanol–water partition coefficient (Wildman–Crippen LogP) is 8.61. The third kappa shape index (κ3) is 5.60. The van der Waals surface area contributed by atoms with Crippen molar-refractivity contribution in [3.05, 3.63) is 83.4 Å². The van der Waals surface area contributed by atoms with Crippen molar-refractivity contribution in [2.75, 3.05) is 5.32 Å². The van der Waals surface area contributed by atoms with Crippen molar-refractivity contribution >= 4 is 91.6 Å². The summed E-state index contributed by atoms with van der Waals surface area (Å²) in [5, 5.41) is 4.33. The molecule has 0 unspecified atom stereocenters. The molecular formula is C20H9BrCl5FN2O3. The number of anilines is 1. The van der Waals surface area contributed by atoms with E-state index < -0.39 is 23.3 Å². The summed E-state index contributed by atoms with van der Waals surface area (Å²) < 4.78 is 20.1. The minimum atomic E-state index is -1.06. The quantitative estimate of drug-likeness (QED) is 0.295. The van der Waals surface area contributed by atoms with Gasteiger partial charge in [-0.2, -0.15) is 0 Å². The van der Waals surface area contributed by atoms with Crippen LogP contribution in [-0.2, 0) is 0 Å². The number of benzene rings is 3. The van der Waals surface area contributed by atoms with Crippen LogP contribution in [-0.4, -0.2) is 11.9 Å². The van der Waals surface area contributed by atoms with E-state index in [1.54, 1.807) is 18.2 Å². The number of ether oxygens (including phenoxy) is 1. The van der Waals surface area contributed by atoms with E-state index in [1.807, 2.05) is 5.32 Å². The SMILES string of the molecule is O=C(NC(=O)c1c(F)cccc1Cl)Nc1c(Cl)cc(Oc2ccc(Cl)cc2Br)c(Cl)c1Cl. The monoisotopic (exact) mass is 598 g/mol. The van der Waals surface area contributed by atoms with Gasteiger partial charge in [0.1, 0.15) is 22.3 Å². The van der Waals surface area contributed by atoms with E-state index >= 15 is 0 Å². The summed E-state index contributed by atoms with van der Waals surface area (Å²) in [5.74, 6) is -1.47. The number of carbonyl (C=O) groups excluding carboxylic acids is 2. The summed E-state index contributed by atoms with van der Waals surface area (Å²) in [4.78, 5) is 24.5. The Balaban J connectivity index is 1.81. The summed E-state index contributed by atoms with van der Waals surface area (Å²) in [6.07, 6.45) is 0. The standard InChI is InChI=1S/C20H9BrCl5FN2O3/c21-9-6-8(22)4-5-13(9)32-14-7-11(24)18(17(26)16(14)25)28-20(31)29-19(30)15-10(23)2-1-3-12(15)27/h1-7H,(H2,28,29,30,31). The molecule has 166 valence electrons. The van der Waals surface area contributed by atoms with E-state index in [0.29, 0.717) is 15.2 Å². The number of rotatable bonds is 4. The van der Waals surface area contributed by atoms with Crippen LogP contribution in [0.3, 0.4) is 0 Å². The Labute approximate surface area is 214 Å². The molecule has 3 aromatic rings. The Morgan fingerprint density at radius 1 is 0.906 bits per heavy atom. The molecule has 0 spiro atoms. The molecule has 0 radical (unpaired) electrons. The van der Waals surface area contributed by atoms with Crippen LogP contribution in [0.5, 0.6) is 11.5 Å². The van der Waals surface area contributed by atoms with E-state index in [0.717, 1.165) is 6.07 Å². The molecule has 5 nitrogen and oxygen atoms in total. The Hall–Kier alpha value is -1.74. The third-order valence-electron chi connectivity index (χ3n) is 3.89. The van der Waals surface area contributed by atoms with Gasteiger partial charge < -0.3 is 10.1 Å². The van der Waals surface area contributed by atoms with Crippen LogP contribution in [0.2, 0.25) is 25.1 Å². The normalized spacial score (nSPS) is 10.6. The first-order valence-corrected chi connectivity index (χ1v) is 11.1. The molecule has 3 amide bonds. The van der Waals surface area contributed by atoms with Gasteiger partial charge in [-0.15, -0.1) is 0 Å². The molecule has 0 bridgehead atoms. The molecule has 3 rings (SSSR count). The van der Waals surface area contributed by atoms with Gasteiger partial charge in [0.15, 0.2) is 0 Å². The number of nitrogens with one attached hydrogen (secondary N) is 2. The van der Waals surface area contributed by atoms with Crippen molar-refractivity contribution in [1.29, 1.82) is 0 Å². The van der Waals surface area contributed by atoms with Gasteiger partial charge in [-0.3, -0.25) is 10.1 Å². The van der Waals surface area contributed by atoms with Gasteiger partial charge in [-0.1, -0.05) is 64.1 Å². The van der Waals surface area contributed by atoms with Crippen LogP contribution >= 0.6 is 73.9 Å². The highest BCUT2D eigenvalue weighted by molar-refractivity contribution is 9.10. The molecule has 0 aromatic heterocycles. The van der Waals surface area contributed by atoms with Gasteiger partial charge in [-0.25, -0.2) is 9.18 Å². The highest BCUT2D eigenvalue weighted by atomic mass is 79.9. The zero-order valence-corrected chi connectivity index (χ0v) is 20.8. The third-order valence-corrected chi connectivity index (χ3v) is 6.21. The van der Waals surface area contributed by atoms with E-state index in [1.165, 1.54) is 18.2 Å². The molecular weight excluding hydrogens is 592 g/mol. The molecule has 2 N–H and O–H groups in total. The summed E-state index contributed by atoms with van der Waals surface area (Å²) in [6, 6.07) is 8.77. The number of hydrogen-bond acceptors (Lipinski definition) is 3. The molecule has 12 heteroatoms. The molecule has 0 heterocycles. The van der Waals surface area contributed by atoms with E-state index in [4.69, 9.17) is 62.7 Å². The maximum absolute atomic E-state index is 13.9. The molecule has 3 aromatic carbocycles. The number of halogens is 7. The zero-order chi connectivity index (χ0) is 23.6. The Kier molecular flexibility index (Phi) is 8.14. The van der Waals surface area contributed by atoms with Gasteiger partial charge in [0.2, 0.25) is 0 Å². The molecule has 0 saturated carbocycles. The summed E-state index contributed by atoms with van der Waals surface area (Å²) in [7, 11) is 0. The van der Waals surface area contributed by atoms with Crippen molar-refractivity contribution in [2.24, 2.45) is 0 Å². The Morgan fingerprint density at radius 3 is 2.28 bits per heavy atom. The molecule has 0 aliphatic heterocycles. The molecule has 0 saturated heterocycles. The topological polar surface area (TPSA) is 67.4 Å². The smallest absolute Gasteiger partial charge is 0.326 e. The molecule has 0 atom stereocenters. The first kappa shape index (κ1) is 24.9. The first-order chi connectivity index (χ1) is 15.1. The Morgan fingerprint density at radius 2 is 1.62 bits per heavy atom. The minimum absolute atomic E-state index is 0.0361. The number of imide groups is 1. The van der Waals surface area contributed by atoms with E-state index in [2.05, 4.69) is 21.2 Å². The maximum Gasteiger partial charge on any atom is 0.326 e. The van der Waals surface area contributed by atoms with Crippen molar-refractivity contribution in [2.45, 2.75) is 0 Å². The second kappa shape index (κ2) is 10.5. The fourth-order valence-electron chi connectivity index (χ4n) is 2.46. The van der Waals surface area contributed by atoms with Crippen molar-refractivity contribution in [3.8, 4) is 11.5 Å². The number of urea groups is 1. The summed E-state index contributed by atoms with van der Waals surface area (Å²) in [6.45, 7) is 0. The fourth-order valence-corrected chi connectivity index (χ4v) is 4.20. The van der Waals surface area contributed by atoms with Gasteiger partial charge in [0, 0.05) is 11.1 Å². The maximum atomic E-state index is 13.9. The second-order valence-corrected chi connectivity index (χ2v) is 8.90. The lowest BCUT2D eigenvalue weighted by Gasteiger charge is -2.15. The van der Waals surface area contributed by atoms with Crippen LogP contribution in [0.25, 0.3) is 0 Å². The fraction of sp³-hybridized carbons (Fsp3) is 0. The highest BCUT2D eigenvalue weighted by Gasteiger charge is 2.22. The van der Waals surface area contributed by atoms with Crippen LogP contribution in [0, 0.1) is 5.82 Å². The lowest BCUT2D eigenvalue weighted by Crippen LogP contribution is -2.35. The molecule has 0 fully saturated rings. The van der Waals surface area contributed by atoms with Crippen molar-refractivity contribution in [3.63, 3.8) is 0 Å². The average Bonchev–Trinajstić information content (AvgIpc) is 2.71. The molecule has 0 aliphatic carbocycles. The lowest BCUT2D eigenvalue weighted by atomic mass is 10.2. The minimum Gasteiger partial charge on any atom is -0.454 e. The second-order valence-electron chi connectivity index (χ2n) is 6.04. The largest absolute Gasteiger partial charge is 0.454 e. The summed E-state index contributed by atoms with van der Waals surface area (Å²) >= 11 is 33.8. The zero-order valence-electron chi connectivity index (χ0n) is 15.4. The van der Waals surface area contributed by atoms with E-state index in [-0.39, 0.29) is 31.5 Å². The van der Waals surface area contributed by atoms with E-state index in [9.17, 15) is 14.0 Å². The molecule has 32 heavy (non-hydrogen) atoms. The van der Waals surface area contributed by atoms with Gasteiger partial charge in [-0.05, 0) is 46.3 Å². The Bertz CT molecular complexity index is 1220. The van der Waals surface area contributed by atoms with Crippen molar-refractivity contribution in [1.82, 2.24) is 5.32 Å². The molecule has 0 aliphatic rings.